The molecule has 0 unspecified atom stereocenters. The fourth-order valence-corrected chi connectivity index (χ4v) is 2.51. The van der Waals surface area contributed by atoms with Gasteiger partial charge in [0.25, 0.3) is 0 Å². The van der Waals surface area contributed by atoms with E-state index in [0.717, 1.165) is 17.9 Å². The number of pyridine rings is 1. The third-order valence-corrected chi connectivity index (χ3v) is 4.09. The number of nitrogens with two attached hydrogens (primary N) is 1. The van der Waals surface area contributed by atoms with E-state index >= 15 is 0 Å². The fourth-order valence-electron chi connectivity index (χ4n) is 2.35. The lowest BCUT2D eigenvalue weighted by Crippen LogP contribution is -2.36. The largest absolute Gasteiger partial charge is 0.389 e. The Morgan fingerprint density at radius 2 is 2.35 bits per heavy atom. The van der Waals surface area contributed by atoms with Crippen LogP contribution in [0.2, 0.25) is 0 Å². The lowest BCUT2D eigenvalue weighted by atomic mass is 9.67. The van der Waals surface area contributed by atoms with Gasteiger partial charge in [0.05, 0.1) is 5.56 Å². The van der Waals surface area contributed by atoms with Crippen LogP contribution < -0.4 is 11.1 Å². The molecule has 1 aromatic heterocycles. The zero-order chi connectivity index (χ0) is 12.3. The molecule has 0 amide bonds. The Balaban J connectivity index is 2.06. The van der Waals surface area contributed by atoms with Crippen LogP contribution >= 0.6 is 12.2 Å². The Kier molecular flexibility index (Phi) is 3.62. The molecule has 2 rings (SSSR count). The Morgan fingerprint density at radius 1 is 1.59 bits per heavy atom. The van der Waals surface area contributed by atoms with Gasteiger partial charge in [0.15, 0.2) is 0 Å². The molecule has 1 fully saturated rings. The van der Waals surface area contributed by atoms with Crippen molar-refractivity contribution in [3.8, 4) is 0 Å². The molecule has 1 saturated carbocycles. The molecule has 1 aliphatic carbocycles. The van der Waals surface area contributed by atoms with Gasteiger partial charge in [-0.2, -0.15) is 0 Å². The summed E-state index contributed by atoms with van der Waals surface area (Å²) in [4.78, 5) is 4.72. The van der Waals surface area contributed by atoms with Crippen LogP contribution in [0.1, 0.15) is 38.2 Å². The first kappa shape index (κ1) is 12.3. The summed E-state index contributed by atoms with van der Waals surface area (Å²) in [5.74, 6) is 0.819. The van der Waals surface area contributed by atoms with Crippen molar-refractivity contribution in [2.45, 2.75) is 32.6 Å². The van der Waals surface area contributed by atoms with Crippen LogP contribution in [0.5, 0.6) is 0 Å². The Bertz CT molecular complexity index is 407. The van der Waals surface area contributed by atoms with Crippen LogP contribution in [-0.4, -0.2) is 16.5 Å². The highest BCUT2D eigenvalue weighted by Gasteiger charge is 2.34. The van der Waals surface area contributed by atoms with Gasteiger partial charge >= 0.3 is 0 Å². The molecule has 0 aliphatic heterocycles. The maximum Gasteiger partial charge on any atom is 0.136 e. The molecule has 3 N–H and O–H groups in total. The quantitative estimate of drug-likeness (QED) is 0.788. The first-order chi connectivity index (χ1) is 8.17. The summed E-state index contributed by atoms with van der Waals surface area (Å²) < 4.78 is 0. The van der Waals surface area contributed by atoms with Crippen LogP contribution in [0.4, 0.5) is 5.82 Å². The minimum Gasteiger partial charge on any atom is -0.389 e. The second-order valence-electron chi connectivity index (χ2n) is 4.82. The molecule has 0 bridgehead atoms. The third-order valence-electron chi connectivity index (χ3n) is 3.87. The van der Waals surface area contributed by atoms with Crippen molar-refractivity contribution in [3.63, 3.8) is 0 Å². The summed E-state index contributed by atoms with van der Waals surface area (Å²) in [6.07, 6.45) is 6.95. The van der Waals surface area contributed by atoms with Crippen LogP contribution in [0.3, 0.4) is 0 Å². The second-order valence-corrected chi connectivity index (χ2v) is 5.26. The molecular weight excluding hydrogens is 230 g/mol. The van der Waals surface area contributed by atoms with Crippen LogP contribution in [0.15, 0.2) is 18.3 Å². The molecule has 0 radical (unpaired) electrons. The second kappa shape index (κ2) is 5.00. The summed E-state index contributed by atoms with van der Waals surface area (Å²) in [7, 11) is 0. The van der Waals surface area contributed by atoms with Crippen molar-refractivity contribution in [2.75, 3.05) is 11.9 Å². The number of aromatic nitrogens is 1. The van der Waals surface area contributed by atoms with Gasteiger partial charge in [-0.1, -0.05) is 25.6 Å². The van der Waals surface area contributed by atoms with Crippen LogP contribution in [-0.2, 0) is 0 Å². The molecule has 4 heteroatoms. The Hall–Kier alpha value is -1.16. The van der Waals surface area contributed by atoms with Gasteiger partial charge in [0.1, 0.15) is 10.8 Å². The van der Waals surface area contributed by atoms with E-state index in [-0.39, 0.29) is 0 Å². The number of anilines is 1. The van der Waals surface area contributed by atoms with Crippen molar-refractivity contribution >= 4 is 23.0 Å². The van der Waals surface area contributed by atoms with Gasteiger partial charge in [0, 0.05) is 12.7 Å². The van der Waals surface area contributed by atoms with E-state index in [9.17, 15) is 0 Å². The highest BCUT2D eigenvalue weighted by molar-refractivity contribution is 7.80. The molecule has 1 aromatic rings. The average Bonchev–Trinajstić information content (AvgIpc) is 2.28. The van der Waals surface area contributed by atoms with E-state index < -0.39 is 0 Å². The number of nitrogens with zero attached hydrogens (tertiary/aromatic N) is 1. The van der Waals surface area contributed by atoms with E-state index in [4.69, 9.17) is 18.0 Å². The molecule has 1 aliphatic rings. The number of thiocarbonyl (C=S) groups is 1. The van der Waals surface area contributed by atoms with Crippen molar-refractivity contribution < 1.29 is 0 Å². The van der Waals surface area contributed by atoms with Crippen LogP contribution in [0, 0.1) is 5.41 Å². The number of rotatable bonds is 5. The van der Waals surface area contributed by atoms with Gasteiger partial charge in [-0.25, -0.2) is 4.98 Å². The predicted octanol–water partition coefficient (Wildman–Crippen LogP) is 2.71. The summed E-state index contributed by atoms with van der Waals surface area (Å²) in [5.41, 5.74) is 6.99. The molecule has 0 atom stereocenters. The summed E-state index contributed by atoms with van der Waals surface area (Å²) >= 11 is 5.03. The molecule has 0 spiro atoms. The van der Waals surface area contributed by atoms with Crippen LogP contribution in [0.25, 0.3) is 0 Å². The first-order valence-electron chi connectivity index (χ1n) is 6.15. The molecule has 3 nitrogen and oxygen atoms in total. The summed E-state index contributed by atoms with van der Waals surface area (Å²) in [6.45, 7) is 3.23. The molecule has 0 aromatic carbocycles. The van der Waals surface area contributed by atoms with Gasteiger partial charge < -0.3 is 11.1 Å². The van der Waals surface area contributed by atoms with E-state index in [1.807, 2.05) is 12.1 Å². The average molecular weight is 249 g/mol. The molecule has 92 valence electrons. The highest BCUT2D eigenvalue weighted by atomic mass is 32.1. The van der Waals surface area contributed by atoms with E-state index in [1.54, 1.807) is 6.20 Å². The standard InChI is InChI=1S/C13H19N3S/c1-2-13(6-4-7-13)9-16-12-10(11(14)17)5-3-8-15-12/h3,5,8H,2,4,6-7,9H2,1H3,(H2,14,17)(H,15,16). The Labute approximate surface area is 108 Å². The fraction of sp³-hybridized carbons (Fsp3) is 0.538. The number of hydrogen-bond acceptors (Lipinski definition) is 3. The zero-order valence-corrected chi connectivity index (χ0v) is 11.0. The molecular formula is C13H19N3S. The van der Waals surface area contributed by atoms with Crippen molar-refractivity contribution in [2.24, 2.45) is 11.1 Å². The van der Waals surface area contributed by atoms with Gasteiger partial charge in [-0.3, -0.25) is 0 Å². The maximum atomic E-state index is 5.68. The topological polar surface area (TPSA) is 50.9 Å². The number of nitrogens with one attached hydrogen (secondary N) is 1. The zero-order valence-electron chi connectivity index (χ0n) is 10.2. The highest BCUT2D eigenvalue weighted by Crippen LogP contribution is 2.43. The lowest BCUT2D eigenvalue weighted by molar-refractivity contribution is 0.145. The van der Waals surface area contributed by atoms with Crippen molar-refractivity contribution in [3.05, 3.63) is 23.9 Å². The summed E-state index contributed by atoms with van der Waals surface area (Å²) in [5, 5.41) is 3.41. The molecule has 0 saturated heterocycles. The number of hydrogen-bond donors (Lipinski definition) is 2. The minimum absolute atomic E-state index is 0.403. The van der Waals surface area contributed by atoms with E-state index in [2.05, 4.69) is 17.2 Å². The smallest absolute Gasteiger partial charge is 0.136 e. The summed E-state index contributed by atoms with van der Waals surface area (Å²) in [6, 6.07) is 3.77. The maximum absolute atomic E-state index is 5.68. The Morgan fingerprint density at radius 3 is 2.88 bits per heavy atom. The molecule has 17 heavy (non-hydrogen) atoms. The predicted molar refractivity (Wildman–Crippen MR) is 75.2 cm³/mol. The first-order valence-corrected chi connectivity index (χ1v) is 6.56. The van der Waals surface area contributed by atoms with E-state index in [0.29, 0.717) is 10.4 Å². The van der Waals surface area contributed by atoms with Gasteiger partial charge in [-0.05, 0) is 36.8 Å². The third kappa shape index (κ3) is 2.57. The van der Waals surface area contributed by atoms with Crippen molar-refractivity contribution in [1.82, 2.24) is 4.98 Å². The minimum atomic E-state index is 0.403. The normalized spacial score (nSPS) is 17.2. The van der Waals surface area contributed by atoms with E-state index in [1.165, 1.54) is 25.7 Å². The lowest BCUT2D eigenvalue weighted by Gasteiger charge is -2.41. The monoisotopic (exact) mass is 249 g/mol. The molecule has 1 heterocycles. The van der Waals surface area contributed by atoms with Gasteiger partial charge in [0.2, 0.25) is 0 Å². The van der Waals surface area contributed by atoms with Gasteiger partial charge in [-0.15, -0.1) is 0 Å². The van der Waals surface area contributed by atoms with Crippen molar-refractivity contribution in [1.29, 1.82) is 0 Å². The SMILES string of the molecule is CCC1(CNc2ncccc2C(N)=S)CCC1.